The highest BCUT2D eigenvalue weighted by molar-refractivity contribution is 6.89. The molecule has 17 heavy (non-hydrogen) atoms. The normalized spacial score (nSPS) is 18.5. The summed E-state index contributed by atoms with van der Waals surface area (Å²) < 4.78 is 6.75. The lowest BCUT2D eigenvalue weighted by Crippen LogP contribution is -2.48. The minimum atomic E-state index is -1.63. The van der Waals surface area contributed by atoms with Gasteiger partial charge in [0.1, 0.15) is 0 Å². The van der Waals surface area contributed by atoms with Crippen LogP contribution in [0.5, 0.6) is 0 Å². The van der Waals surface area contributed by atoms with E-state index in [1.165, 1.54) is 36.5 Å². The van der Waals surface area contributed by atoms with Crippen molar-refractivity contribution < 1.29 is 4.12 Å². The third-order valence-corrected chi connectivity index (χ3v) is 13.5. The van der Waals surface area contributed by atoms with Crippen LogP contribution in [0, 0.1) is 0 Å². The van der Waals surface area contributed by atoms with E-state index in [1.807, 2.05) is 0 Å². The van der Waals surface area contributed by atoms with Gasteiger partial charge in [-0.25, -0.2) is 0 Å². The molecule has 1 rings (SSSR count). The Balaban J connectivity index is 2.78. The van der Waals surface area contributed by atoms with Gasteiger partial charge < -0.3 is 4.12 Å². The van der Waals surface area contributed by atoms with Crippen molar-refractivity contribution in [3.8, 4) is 0 Å². The zero-order valence-electron chi connectivity index (χ0n) is 12.8. The lowest BCUT2D eigenvalue weighted by Gasteiger charge is -2.38. The van der Waals surface area contributed by atoms with Gasteiger partial charge in [0.25, 0.3) is 0 Å². The Labute approximate surface area is 110 Å². The molecule has 1 aliphatic rings. The highest BCUT2D eigenvalue weighted by atomic mass is 28.4. The molecule has 0 N–H and O–H groups in total. The largest absolute Gasteiger partial charge is 0.452 e. The second-order valence-electron chi connectivity index (χ2n) is 6.82. The first-order valence-electron chi connectivity index (χ1n) is 7.01. The summed E-state index contributed by atoms with van der Waals surface area (Å²) in [5, 5.41) is 1.54. The van der Waals surface area contributed by atoms with Gasteiger partial charge in [0.15, 0.2) is 8.32 Å². The predicted octanol–water partition coefficient (Wildman–Crippen LogP) is 5.25. The SMILES string of the molecule is CC(C)=C(C)[Si](C)(C)O[Si](C)(C)C1CCCC1. The molecular formula is C14H30OSi2. The molecule has 100 valence electrons. The zero-order valence-corrected chi connectivity index (χ0v) is 14.8. The quantitative estimate of drug-likeness (QED) is 0.634. The maximum Gasteiger partial charge on any atom is 0.201 e. The molecule has 0 bridgehead atoms. The van der Waals surface area contributed by atoms with E-state index in [0.29, 0.717) is 0 Å². The van der Waals surface area contributed by atoms with Gasteiger partial charge in [-0.15, -0.1) is 0 Å². The van der Waals surface area contributed by atoms with Crippen molar-refractivity contribution in [2.24, 2.45) is 0 Å². The predicted molar refractivity (Wildman–Crippen MR) is 82.3 cm³/mol. The van der Waals surface area contributed by atoms with E-state index in [2.05, 4.69) is 47.0 Å². The van der Waals surface area contributed by atoms with Gasteiger partial charge in [0.2, 0.25) is 8.32 Å². The molecule has 0 heterocycles. The summed E-state index contributed by atoms with van der Waals surface area (Å²) in [7, 11) is -3.12. The van der Waals surface area contributed by atoms with E-state index >= 15 is 0 Å². The third kappa shape index (κ3) is 3.80. The van der Waals surface area contributed by atoms with Crippen molar-refractivity contribution in [2.45, 2.75) is 78.2 Å². The van der Waals surface area contributed by atoms with Crippen LogP contribution in [-0.4, -0.2) is 16.6 Å². The summed E-state index contributed by atoms with van der Waals surface area (Å²) in [5.41, 5.74) is 2.36. The average molecular weight is 271 g/mol. The third-order valence-electron chi connectivity index (χ3n) is 4.51. The van der Waals surface area contributed by atoms with Crippen LogP contribution >= 0.6 is 0 Å². The summed E-state index contributed by atoms with van der Waals surface area (Å²) in [4.78, 5) is 0. The Hall–Kier alpha value is 0.134. The van der Waals surface area contributed by atoms with Gasteiger partial charge in [-0.2, -0.15) is 0 Å². The van der Waals surface area contributed by atoms with E-state index in [9.17, 15) is 0 Å². The summed E-state index contributed by atoms with van der Waals surface area (Å²) in [6.45, 7) is 16.3. The first kappa shape index (κ1) is 15.2. The monoisotopic (exact) mass is 270 g/mol. The van der Waals surface area contributed by atoms with Gasteiger partial charge >= 0.3 is 0 Å². The Morgan fingerprint density at radius 2 is 1.41 bits per heavy atom. The molecule has 0 aromatic rings. The molecule has 0 radical (unpaired) electrons. The Kier molecular flexibility index (Phi) is 4.83. The number of hydrogen-bond donors (Lipinski definition) is 0. The maximum atomic E-state index is 6.75. The molecule has 1 fully saturated rings. The second kappa shape index (κ2) is 5.41. The van der Waals surface area contributed by atoms with Crippen LogP contribution < -0.4 is 0 Å². The van der Waals surface area contributed by atoms with Crippen LogP contribution in [0.1, 0.15) is 46.5 Å². The lowest BCUT2D eigenvalue weighted by molar-refractivity contribution is 0.522. The Morgan fingerprint density at radius 1 is 0.941 bits per heavy atom. The molecule has 0 spiro atoms. The molecule has 0 atom stereocenters. The molecular weight excluding hydrogens is 240 g/mol. The van der Waals surface area contributed by atoms with E-state index in [1.54, 1.807) is 0 Å². The molecule has 0 aromatic heterocycles. The van der Waals surface area contributed by atoms with Crippen LogP contribution in [0.25, 0.3) is 0 Å². The van der Waals surface area contributed by atoms with Crippen molar-refractivity contribution in [1.82, 2.24) is 0 Å². The Bertz CT molecular complexity index is 295. The fourth-order valence-corrected chi connectivity index (χ4v) is 12.6. The maximum absolute atomic E-state index is 6.75. The standard InChI is InChI=1S/C14H30OSi2/c1-12(2)13(3)16(4,5)15-17(6,7)14-10-8-9-11-14/h14H,8-11H2,1-7H3. The van der Waals surface area contributed by atoms with Crippen molar-refractivity contribution in [1.29, 1.82) is 0 Å². The minimum Gasteiger partial charge on any atom is -0.452 e. The molecule has 1 nitrogen and oxygen atoms in total. The first-order valence-corrected chi connectivity index (χ1v) is 12.9. The van der Waals surface area contributed by atoms with E-state index in [4.69, 9.17) is 4.12 Å². The topological polar surface area (TPSA) is 9.23 Å². The molecule has 1 saturated carbocycles. The molecule has 0 aliphatic heterocycles. The summed E-state index contributed by atoms with van der Waals surface area (Å²) >= 11 is 0. The summed E-state index contributed by atoms with van der Waals surface area (Å²) in [6.07, 6.45) is 5.68. The van der Waals surface area contributed by atoms with Crippen LogP contribution in [0.4, 0.5) is 0 Å². The molecule has 0 amide bonds. The fraction of sp³-hybridized carbons (Fsp3) is 0.857. The molecule has 0 unspecified atom stereocenters. The van der Waals surface area contributed by atoms with Gasteiger partial charge in [-0.05, 0) is 52.5 Å². The summed E-state index contributed by atoms with van der Waals surface area (Å²) in [6, 6.07) is 0. The molecule has 0 aromatic carbocycles. The van der Waals surface area contributed by atoms with Crippen molar-refractivity contribution >= 4 is 16.6 Å². The summed E-state index contributed by atoms with van der Waals surface area (Å²) in [5.74, 6) is 0. The lowest BCUT2D eigenvalue weighted by atomic mass is 10.3. The minimum absolute atomic E-state index is 0.902. The highest BCUT2D eigenvalue weighted by Gasteiger charge is 2.41. The average Bonchev–Trinajstić information content (AvgIpc) is 2.67. The van der Waals surface area contributed by atoms with Crippen LogP contribution in [0.2, 0.25) is 31.7 Å². The van der Waals surface area contributed by atoms with E-state index in [-0.39, 0.29) is 0 Å². The Morgan fingerprint density at radius 3 is 1.82 bits per heavy atom. The van der Waals surface area contributed by atoms with Crippen LogP contribution in [0.3, 0.4) is 0 Å². The smallest absolute Gasteiger partial charge is 0.201 e. The van der Waals surface area contributed by atoms with Gasteiger partial charge in [-0.3, -0.25) is 0 Å². The number of rotatable bonds is 4. The van der Waals surface area contributed by atoms with Crippen molar-refractivity contribution in [2.75, 3.05) is 0 Å². The fourth-order valence-electron chi connectivity index (χ4n) is 3.04. The first-order chi connectivity index (χ1) is 7.67. The van der Waals surface area contributed by atoms with E-state index < -0.39 is 16.6 Å². The second-order valence-corrected chi connectivity index (χ2v) is 15.4. The van der Waals surface area contributed by atoms with Crippen molar-refractivity contribution in [3.63, 3.8) is 0 Å². The molecule has 3 heteroatoms. The van der Waals surface area contributed by atoms with E-state index in [0.717, 1.165) is 5.54 Å². The van der Waals surface area contributed by atoms with Gasteiger partial charge in [0, 0.05) is 0 Å². The highest BCUT2D eigenvalue weighted by Crippen LogP contribution is 2.41. The number of hydrogen-bond acceptors (Lipinski definition) is 1. The number of allylic oxidation sites excluding steroid dienone is 2. The molecule has 0 saturated heterocycles. The van der Waals surface area contributed by atoms with Gasteiger partial charge in [-0.1, -0.05) is 36.5 Å². The van der Waals surface area contributed by atoms with Crippen LogP contribution in [-0.2, 0) is 4.12 Å². The zero-order chi connectivity index (χ0) is 13.3. The van der Waals surface area contributed by atoms with Crippen LogP contribution in [0.15, 0.2) is 10.8 Å². The van der Waals surface area contributed by atoms with Gasteiger partial charge in [0.05, 0.1) is 0 Å². The van der Waals surface area contributed by atoms with Crippen molar-refractivity contribution in [3.05, 3.63) is 10.8 Å². The molecule has 1 aliphatic carbocycles.